The average Bonchev–Trinajstić information content (AvgIpc) is 2.86. The molecule has 1 saturated carbocycles. The first-order valence-corrected chi connectivity index (χ1v) is 7.67. The summed E-state index contributed by atoms with van der Waals surface area (Å²) in [6.45, 7) is 9.35. The van der Waals surface area contributed by atoms with Crippen LogP contribution in [0.15, 0.2) is 0 Å². The van der Waals surface area contributed by atoms with Crippen LogP contribution < -0.4 is 5.32 Å². The number of methoxy groups -OCH3 is 1. The van der Waals surface area contributed by atoms with E-state index in [0.717, 1.165) is 24.5 Å². The largest absolute Gasteiger partial charge is 0.381 e. The topological polar surface area (TPSA) is 24.5 Å². The third-order valence-corrected chi connectivity index (χ3v) is 4.93. The van der Waals surface area contributed by atoms with Crippen LogP contribution >= 0.6 is 0 Å². The van der Waals surface area contributed by atoms with Crippen molar-refractivity contribution in [3.05, 3.63) is 0 Å². The average molecular weight is 254 g/mol. The van der Waals surface area contributed by atoms with Gasteiger partial charge in [0, 0.05) is 38.3 Å². The first kappa shape index (κ1) is 14.3. The third-order valence-electron chi connectivity index (χ3n) is 4.93. The molecule has 1 heterocycles. The lowest BCUT2D eigenvalue weighted by Crippen LogP contribution is -2.60. The minimum atomic E-state index is 0.500. The van der Waals surface area contributed by atoms with Gasteiger partial charge in [-0.15, -0.1) is 0 Å². The smallest absolute Gasteiger partial charge is 0.0586 e. The van der Waals surface area contributed by atoms with Gasteiger partial charge < -0.3 is 10.1 Å². The fourth-order valence-corrected chi connectivity index (χ4v) is 3.55. The molecule has 0 spiro atoms. The summed E-state index contributed by atoms with van der Waals surface area (Å²) < 4.78 is 5.53. The number of hydrogen-bond acceptors (Lipinski definition) is 3. The second-order valence-corrected chi connectivity index (χ2v) is 6.34. The molecule has 18 heavy (non-hydrogen) atoms. The molecule has 1 N–H and O–H groups in total. The van der Waals surface area contributed by atoms with Gasteiger partial charge in [-0.2, -0.15) is 0 Å². The molecule has 2 aliphatic rings. The van der Waals surface area contributed by atoms with Crippen LogP contribution in [0.3, 0.4) is 0 Å². The monoisotopic (exact) mass is 254 g/mol. The molecule has 0 aromatic rings. The maximum Gasteiger partial charge on any atom is 0.0586 e. The van der Waals surface area contributed by atoms with E-state index in [1.807, 2.05) is 7.11 Å². The van der Waals surface area contributed by atoms with Gasteiger partial charge in [-0.3, -0.25) is 4.90 Å². The van der Waals surface area contributed by atoms with Crippen molar-refractivity contribution in [1.29, 1.82) is 0 Å². The molecule has 1 saturated heterocycles. The Morgan fingerprint density at radius 1 is 1.33 bits per heavy atom. The van der Waals surface area contributed by atoms with Crippen molar-refractivity contribution in [1.82, 2.24) is 10.2 Å². The predicted molar refractivity (Wildman–Crippen MR) is 75.8 cm³/mol. The normalized spacial score (nSPS) is 38.5. The van der Waals surface area contributed by atoms with Crippen molar-refractivity contribution < 1.29 is 4.74 Å². The standard InChI is InChI=1S/C15H30N2O/c1-5-12-9-16-15(11(2)3)10-17(12)13-6-7-14(8-13)18-4/h11-16H,5-10H2,1-4H3. The van der Waals surface area contributed by atoms with E-state index >= 15 is 0 Å². The Labute approximate surface area is 112 Å². The Kier molecular flexibility index (Phi) is 5.05. The van der Waals surface area contributed by atoms with Crippen molar-refractivity contribution in [2.45, 2.75) is 70.7 Å². The van der Waals surface area contributed by atoms with Crippen molar-refractivity contribution >= 4 is 0 Å². The predicted octanol–water partition coefficient (Wildman–Crippen LogP) is 2.26. The Morgan fingerprint density at radius 3 is 2.67 bits per heavy atom. The zero-order chi connectivity index (χ0) is 13.1. The van der Waals surface area contributed by atoms with Gasteiger partial charge in [-0.25, -0.2) is 0 Å². The van der Waals surface area contributed by atoms with E-state index in [0.29, 0.717) is 12.1 Å². The zero-order valence-corrected chi connectivity index (χ0v) is 12.5. The molecular formula is C15H30N2O. The van der Waals surface area contributed by atoms with E-state index in [1.54, 1.807) is 0 Å². The highest BCUT2D eigenvalue weighted by atomic mass is 16.5. The minimum absolute atomic E-state index is 0.500. The molecule has 1 aliphatic heterocycles. The van der Waals surface area contributed by atoms with Gasteiger partial charge >= 0.3 is 0 Å². The summed E-state index contributed by atoms with van der Waals surface area (Å²) in [6.07, 6.45) is 5.55. The maximum atomic E-state index is 5.53. The molecule has 4 atom stereocenters. The maximum absolute atomic E-state index is 5.53. The molecule has 0 aromatic carbocycles. The van der Waals surface area contributed by atoms with Gasteiger partial charge in [-0.05, 0) is 31.6 Å². The van der Waals surface area contributed by atoms with E-state index in [1.165, 1.54) is 32.2 Å². The highest BCUT2D eigenvalue weighted by Crippen LogP contribution is 2.30. The van der Waals surface area contributed by atoms with Gasteiger partial charge in [0.25, 0.3) is 0 Å². The molecule has 3 nitrogen and oxygen atoms in total. The van der Waals surface area contributed by atoms with Crippen LogP contribution in [0.25, 0.3) is 0 Å². The molecular weight excluding hydrogens is 224 g/mol. The van der Waals surface area contributed by atoms with E-state index in [2.05, 4.69) is 31.0 Å². The minimum Gasteiger partial charge on any atom is -0.381 e. The van der Waals surface area contributed by atoms with Crippen molar-refractivity contribution in [3.63, 3.8) is 0 Å². The first-order chi connectivity index (χ1) is 8.65. The quantitative estimate of drug-likeness (QED) is 0.833. The summed E-state index contributed by atoms with van der Waals surface area (Å²) in [6, 6.07) is 2.14. The number of hydrogen-bond donors (Lipinski definition) is 1. The number of ether oxygens (including phenoxy) is 1. The summed E-state index contributed by atoms with van der Waals surface area (Å²) in [4.78, 5) is 2.78. The molecule has 4 unspecified atom stereocenters. The molecule has 0 radical (unpaired) electrons. The molecule has 2 fully saturated rings. The SMILES string of the molecule is CCC1CNC(C(C)C)CN1C1CCC(OC)C1. The van der Waals surface area contributed by atoms with Gasteiger partial charge in [0.15, 0.2) is 0 Å². The van der Waals surface area contributed by atoms with Crippen molar-refractivity contribution in [2.24, 2.45) is 5.92 Å². The molecule has 2 rings (SSSR count). The number of nitrogens with one attached hydrogen (secondary N) is 1. The summed E-state index contributed by atoms with van der Waals surface area (Å²) in [5.74, 6) is 0.727. The van der Waals surface area contributed by atoms with Crippen LogP contribution in [-0.4, -0.2) is 49.3 Å². The second kappa shape index (κ2) is 6.36. The van der Waals surface area contributed by atoms with Crippen LogP contribution in [0, 0.1) is 5.92 Å². The number of nitrogens with zero attached hydrogens (tertiary/aromatic N) is 1. The van der Waals surface area contributed by atoms with Crippen molar-refractivity contribution in [3.8, 4) is 0 Å². The van der Waals surface area contributed by atoms with Gasteiger partial charge in [0.05, 0.1) is 6.10 Å². The van der Waals surface area contributed by atoms with E-state index in [4.69, 9.17) is 4.74 Å². The number of rotatable bonds is 4. The molecule has 0 aromatic heterocycles. The zero-order valence-electron chi connectivity index (χ0n) is 12.5. The van der Waals surface area contributed by atoms with Gasteiger partial charge in [-0.1, -0.05) is 20.8 Å². The Hall–Kier alpha value is -0.120. The fraction of sp³-hybridized carbons (Fsp3) is 1.00. The molecule has 1 aliphatic carbocycles. The highest BCUT2D eigenvalue weighted by Gasteiger charge is 2.36. The van der Waals surface area contributed by atoms with Crippen LogP contribution in [0.5, 0.6) is 0 Å². The molecule has 3 heteroatoms. The lowest BCUT2D eigenvalue weighted by atomic mass is 9.96. The Balaban J connectivity index is 1.98. The molecule has 0 bridgehead atoms. The summed E-state index contributed by atoms with van der Waals surface area (Å²) >= 11 is 0. The van der Waals surface area contributed by atoms with Crippen LogP contribution in [0.4, 0.5) is 0 Å². The molecule has 0 amide bonds. The van der Waals surface area contributed by atoms with E-state index < -0.39 is 0 Å². The number of piperazine rings is 1. The highest BCUT2D eigenvalue weighted by molar-refractivity contribution is 4.93. The summed E-state index contributed by atoms with van der Waals surface area (Å²) in [5.41, 5.74) is 0. The van der Waals surface area contributed by atoms with E-state index in [9.17, 15) is 0 Å². The van der Waals surface area contributed by atoms with Crippen molar-refractivity contribution in [2.75, 3.05) is 20.2 Å². The Morgan fingerprint density at radius 2 is 2.11 bits per heavy atom. The first-order valence-electron chi connectivity index (χ1n) is 7.67. The second-order valence-electron chi connectivity index (χ2n) is 6.34. The van der Waals surface area contributed by atoms with Crippen LogP contribution in [-0.2, 0) is 4.74 Å². The third kappa shape index (κ3) is 3.06. The van der Waals surface area contributed by atoms with Gasteiger partial charge in [0.1, 0.15) is 0 Å². The lowest BCUT2D eigenvalue weighted by Gasteiger charge is -2.44. The summed E-state index contributed by atoms with van der Waals surface area (Å²) in [7, 11) is 1.86. The van der Waals surface area contributed by atoms with Crippen LogP contribution in [0.2, 0.25) is 0 Å². The van der Waals surface area contributed by atoms with Crippen LogP contribution in [0.1, 0.15) is 46.5 Å². The van der Waals surface area contributed by atoms with Gasteiger partial charge in [0.2, 0.25) is 0 Å². The Bertz CT molecular complexity index is 257. The summed E-state index contributed by atoms with van der Waals surface area (Å²) in [5, 5.41) is 3.73. The fourth-order valence-electron chi connectivity index (χ4n) is 3.55. The lowest BCUT2D eigenvalue weighted by molar-refractivity contribution is 0.0534. The molecule has 106 valence electrons. The van der Waals surface area contributed by atoms with E-state index in [-0.39, 0.29) is 0 Å².